The van der Waals surface area contributed by atoms with E-state index in [4.69, 9.17) is 17.3 Å². The van der Waals surface area contributed by atoms with Crippen molar-refractivity contribution in [1.82, 2.24) is 14.6 Å². The Bertz CT molecular complexity index is 1350. The number of nitrogens with two attached hydrogens (primary N) is 1. The van der Waals surface area contributed by atoms with Gasteiger partial charge in [0.15, 0.2) is 0 Å². The van der Waals surface area contributed by atoms with Crippen molar-refractivity contribution in [3.63, 3.8) is 0 Å². The van der Waals surface area contributed by atoms with E-state index in [1.807, 2.05) is 13.0 Å². The Hall–Kier alpha value is -2.36. The molecule has 1 aromatic carbocycles. The van der Waals surface area contributed by atoms with E-state index < -0.39 is 26.9 Å². The van der Waals surface area contributed by atoms with Gasteiger partial charge in [-0.2, -0.15) is 0 Å². The highest BCUT2D eigenvalue weighted by atomic mass is 35.5. The first kappa shape index (κ1) is 31.2. The van der Waals surface area contributed by atoms with E-state index in [1.54, 1.807) is 53.7 Å². The third kappa shape index (κ3) is 7.24. The summed E-state index contributed by atoms with van der Waals surface area (Å²) in [6.45, 7) is 13.2. The van der Waals surface area contributed by atoms with Gasteiger partial charge in [-0.25, -0.2) is 13.1 Å². The topological polar surface area (TPSA) is 123 Å². The van der Waals surface area contributed by atoms with Crippen LogP contribution < -0.4 is 15.8 Å². The molecule has 3 rings (SSSR count). The number of hydrogen-bond acceptors (Lipinski definition) is 4. The van der Waals surface area contributed by atoms with Crippen LogP contribution in [-0.2, 0) is 21.4 Å². The van der Waals surface area contributed by atoms with Crippen LogP contribution in [-0.4, -0.2) is 36.9 Å². The maximum Gasteiger partial charge on any atom is 0.253 e. The molecular formula is C29H43ClN4O4S. The zero-order valence-electron chi connectivity index (χ0n) is 24.2. The number of aromatic nitrogens is 1. The third-order valence-corrected chi connectivity index (χ3v) is 9.87. The van der Waals surface area contributed by atoms with Crippen LogP contribution in [0.3, 0.4) is 0 Å². The summed E-state index contributed by atoms with van der Waals surface area (Å²) >= 11 is 6.86. The molecule has 0 spiro atoms. The molecule has 39 heavy (non-hydrogen) atoms. The maximum atomic E-state index is 13.3. The lowest BCUT2D eigenvalue weighted by molar-refractivity contribution is -0.125. The maximum absolute atomic E-state index is 13.3. The first-order valence-electron chi connectivity index (χ1n) is 13.6. The molecule has 8 nitrogen and oxygen atoms in total. The zero-order chi connectivity index (χ0) is 29.3. The second-order valence-corrected chi connectivity index (χ2v) is 14.5. The van der Waals surface area contributed by atoms with Gasteiger partial charge in [-0.1, -0.05) is 36.9 Å². The van der Waals surface area contributed by atoms with E-state index in [-0.39, 0.29) is 17.3 Å². The molecule has 1 aliphatic rings. The highest BCUT2D eigenvalue weighted by molar-refractivity contribution is 7.89. The van der Waals surface area contributed by atoms with Crippen molar-refractivity contribution in [3.05, 3.63) is 40.0 Å². The summed E-state index contributed by atoms with van der Waals surface area (Å²) in [6.07, 6.45) is 5.84. The van der Waals surface area contributed by atoms with E-state index in [1.165, 1.54) is 19.3 Å². The van der Waals surface area contributed by atoms with Crippen LogP contribution in [0.25, 0.3) is 11.3 Å². The number of hydrogen-bond donors (Lipinski definition) is 3. The average Bonchev–Trinajstić information content (AvgIpc) is 3.14. The number of benzene rings is 1. The predicted octanol–water partition coefficient (Wildman–Crippen LogP) is 5.32. The Labute approximate surface area is 238 Å². The van der Waals surface area contributed by atoms with E-state index in [0.717, 1.165) is 30.8 Å². The molecule has 1 aromatic heterocycles. The van der Waals surface area contributed by atoms with Crippen molar-refractivity contribution in [1.29, 1.82) is 0 Å². The standard InChI is InChI=1S/C29H43ClN4O4S/c1-18-24(39(37,38)33-28(3,4)5)14-13-21(25(18)30)23-15-22(26(35)32-17-29(6,7)27(31)36)19(2)34(23)16-20-11-9-8-10-12-20/h13-15,20,33H,8-12,16-17H2,1-7H3,(H2,31,36)(H,32,35). The van der Waals surface area contributed by atoms with Gasteiger partial charge in [0.1, 0.15) is 0 Å². The number of sulfonamides is 1. The number of rotatable bonds is 9. The number of carbonyl (C=O) groups excluding carboxylic acids is 2. The Kier molecular flexibility index (Phi) is 9.30. The first-order valence-corrected chi connectivity index (χ1v) is 15.4. The van der Waals surface area contributed by atoms with Gasteiger partial charge in [0, 0.05) is 29.9 Å². The molecule has 10 heteroatoms. The monoisotopic (exact) mass is 578 g/mol. The Morgan fingerprint density at radius 2 is 1.69 bits per heavy atom. The van der Waals surface area contributed by atoms with E-state index >= 15 is 0 Å². The van der Waals surface area contributed by atoms with Crippen LogP contribution in [0.15, 0.2) is 23.1 Å². The second-order valence-electron chi connectivity index (χ2n) is 12.5. The van der Waals surface area contributed by atoms with Gasteiger partial charge in [-0.05, 0) is 84.9 Å². The highest BCUT2D eigenvalue weighted by Crippen LogP contribution is 2.38. The molecule has 1 saturated carbocycles. The van der Waals surface area contributed by atoms with Crippen LogP contribution in [0.2, 0.25) is 5.02 Å². The molecule has 1 aliphatic carbocycles. The number of primary amides is 1. The lowest BCUT2D eigenvalue weighted by atomic mass is 9.89. The first-order chi connectivity index (χ1) is 17.9. The quantitative estimate of drug-likeness (QED) is 0.372. The van der Waals surface area contributed by atoms with Crippen molar-refractivity contribution in [2.75, 3.05) is 6.54 Å². The number of nitrogens with zero attached hydrogens (tertiary/aromatic N) is 1. The van der Waals surface area contributed by atoms with Gasteiger partial charge in [0.25, 0.3) is 5.91 Å². The SMILES string of the molecule is Cc1c(S(=O)(=O)NC(C)(C)C)ccc(-c2cc(C(=O)NCC(C)(C)C(N)=O)c(C)n2CC2CCCCC2)c1Cl. The Morgan fingerprint density at radius 1 is 1.08 bits per heavy atom. The number of carbonyl (C=O) groups is 2. The molecule has 4 N–H and O–H groups in total. The highest BCUT2D eigenvalue weighted by Gasteiger charge is 2.29. The molecule has 0 unspecified atom stereocenters. The van der Waals surface area contributed by atoms with E-state index in [2.05, 4.69) is 14.6 Å². The van der Waals surface area contributed by atoms with Crippen molar-refractivity contribution < 1.29 is 18.0 Å². The summed E-state index contributed by atoms with van der Waals surface area (Å²) in [7, 11) is -3.79. The van der Waals surface area contributed by atoms with E-state index in [9.17, 15) is 18.0 Å². The fraction of sp³-hybridized carbons (Fsp3) is 0.586. The van der Waals surface area contributed by atoms with E-state index in [0.29, 0.717) is 27.6 Å². The predicted molar refractivity (Wildman–Crippen MR) is 156 cm³/mol. The summed E-state index contributed by atoms with van der Waals surface area (Å²) in [5, 5.41) is 3.19. The normalized spacial score (nSPS) is 15.4. The number of amides is 2. The largest absolute Gasteiger partial charge is 0.369 e. The summed E-state index contributed by atoms with van der Waals surface area (Å²) < 4.78 is 31.0. The molecule has 0 radical (unpaired) electrons. The van der Waals surface area contributed by atoms with Crippen LogP contribution in [0.5, 0.6) is 0 Å². The summed E-state index contributed by atoms with van der Waals surface area (Å²) in [5.41, 5.74) is 7.11. The summed E-state index contributed by atoms with van der Waals surface area (Å²) in [5.74, 6) is -0.316. The molecule has 0 atom stereocenters. The van der Waals surface area contributed by atoms with Gasteiger partial charge >= 0.3 is 0 Å². The molecule has 216 valence electrons. The van der Waals surface area contributed by atoms with Crippen molar-refractivity contribution >= 4 is 33.4 Å². The minimum atomic E-state index is -3.79. The molecule has 1 heterocycles. The molecular weight excluding hydrogens is 536 g/mol. The van der Waals surface area contributed by atoms with Crippen molar-refractivity contribution in [2.45, 2.75) is 97.5 Å². The minimum Gasteiger partial charge on any atom is -0.369 e. The molecule has 0 aliphatic heterocycles. The lowest BCUT2D eigenvalue weighted by Gasteiger charge is -2.25. The Morgan fingerprint density at radius 3 is 2.26 bits per heavy atom. The average molecular weight is 579 g/mol. The number of halogens is 1. The number of nitrogens with one attached hydrogen (secondary N) is 2. The van der Waals surface area contributed by atoms with Crippen LogP contribution in [0.1, 0.15) is 88.3 Å². The van der Waals surface area contributed by atoms with Gasteiger partial charge in [0.2, 0.25) is 15.9 Å². The lowest BCUT2D eigenvalue weighted by Crippen LogP contribution is -2.42. The molecule has 0 saturated heterocycles. The molecule has 2 amide bonds. The fourth-order valence-corrected chi connectivity index (χ4v) is 7.05. The van der Waals surface area contributed by atoms with Gasteiger partial charge in [-0.15, -0.1) is 0 Å². The second kappa shape index (κ2) is 11.6. The van der Waals surface area contributed by atoms with Crippen LogP contribution in [0, 0.1) is 25.2 Å². The zero-order valence-corrected chi connectivity index (χ0v) is 25.8. The smallest absolute Gasteiger partial charge is 0.253 e. The van der Waals surface area contributed by atoms with Gasteiger partial charge in [0.05, 0.1) is 26.6 Å². The van der Waals surface area contributed by atoms with Crippen LogP contribution >= 0.6 is 11.6 Å². The van der Waals surface area contributed by atoms with Gasteiger partial charge < -0.3 is 15.6 Å². The molecule has 0 bridgehead atoms. The minimum absolute atomic E-state index is 0.108. The van der Waals surface area contributed by atoms with Gasteiger partial charge in [-0.3, -0.25) is 9.59 Å². The summed E-state index contributed by atoms with van der Waals surface area (Å²) in [4.78, 5) is 25.2. The third-order valence-electron chi connectivity index (χ3n) is 7.48. The molecule has 1 fully saturated rings. The fourth-order valence-electron chi connectivity index (χ4n) is 5.06. The molecule has 2 aromatic rings. The summed E-state index contributed by atoms with van der Waals surface area (Å²) in [6, 6.07) is 5.11. The Balaban J connectivity index is 2.08. The van der Waals surface area contributed by atoms with Crippen molar-refractivity contribution in [2.24, 2.45) is 17.1 Å². The van der Waals surface area contributed by atoms with Crippen LogP contribution in [0.4, 0.5) is 0 Å². The van der Waals surface area contributed by atoms with Crippen molar-refractivity contribution in [3.8, 4) is 11.3 Å².